The molecule has 1 aromatic rings. The smallest absolute Gasteiger partial charge is 0.409 e. The average Bonchev–Trinajstić information content (AvgIpc) is 2.56. The van der Waals surface area contributed by atoms with Gasteiger partial charge in [0.15, 0.2) is 0 Å². The van der Waals surface area contributed by atoms with Crippen molar-refractivity contribution in [1.82, 2.24) is 10.6 Å². The summed E-state index contributed by atoms with van der Waals surface area (Å²) in [6.07, 6.45) is 5.96. The van der Waals surface area contributed by atoms with E-state index in [-0.39, 0.29) is 0 Å². The summed E-state index contributed by atoms with van der Waals surface area (Å²) in [5, 5.41) is 1.09. The van der Waals surface area contributed by atoms with Crippen LogP contribution in [0, 0.1) is 0 Å². The normalized spacial score (nSPS) is 16.2. The van der Waals surface area contributed by atoms with Crippen molar-refractivity contribution in [1.29, 1.82) is 0 Å². The zero-order valence-corrected chi connectivity index (χ0v) is 12.1. The van der Waals surface area contributed by atoms with Gasteiger partial charge in [-0.3, -0.25) is 4.84 Å². The van der Waals surface area contributed by atoms with E-state index in [2.05, 4.69) is 5.59 Å². The molecule has 1 aromatic carbocycles. The molecule has 22 heavy (non-hydrogen) atoms. The first-order valence-corrected chi connectivity index (χ1v) is 6.79. The maximum atomic E-state index is 12.3. The SMILES string of the molecule is CCONN(C(=O)Oc1ccccc1)C1C=CC=CC1=C=O. The molecule has 0 saturated carbocycles. The number of carbonyl (C=O) groups excluding carboxylic acids is 2. The van der Waals surface area contributed by atoms with Gasteiger partial charge in [0.1, 0.15) is 17.7 Å². The summed E-state index contributed by atoms with van der Waals surface area (Å²) in [5.74, 6) is 2.20. The van der Waals surface area contributed by atoms with Gasteiger partial charge < -0.3 is 4.74 Å². The molecule has 114 valence electrons. The number of amides is 1. The molecule has 1 amide bonds. The number of allylic oxidation sites excluding steroid dienone is 2. The van der Waals surface area contributed by atoms with Gasteiger partial charge in [-0.2, -0.15) is 0 Å². The van der Waals surface area contributed by atoms with Crippen LogP contribution in [0.4, 0.5) is 4.79 Å². The molecule has 0 heterocycles. The molecule has 0 aromatic heterocycles. The van der Waals surface area contributed by atoms with Crippen LogP contribution >= 0.6 is 0 Å². The Bertz CT molecular complexity index is 618. The molecule has 1 N–H and O–H groups in total. The first-order valence-electron chi connectivity index (χ1n) is 6.79. The summed E-state index contributed by atoms with van der Waals surface area (Å²) < 4.78 is 5.26. The fourth-order valence-electron chi connectivity index (χ4n) is 1.83. The third-order valence-electron chi connectivity index (χ3n) is 2.85. The number of hydrogen-bond acceptors (Lipinski definition) is 5. The Morgan fingerprint density at radius 2 is 2.09 bits per heavy atom. The van der Waals surface area contributed by atoms with Gasteiger partial charge in [0.25, 0.3) is 0 Å². The van der Waals surface area contributed by atoms with E-state index in [0.717, 1.165) is 5.01 Å². The van der Waals surface area contributed by atoms with Crippen LogP contribution < -0.4 is 10.3 Å². The standard InChI is InChI=1S/C16H16N2O4/c1-2-21-17-18(15-11-7-6-8-13(15)12-19)16(20)22-14-9-4-3-5-10-14/h3-11,15,17H,2H2,1H3. The third-order valence-corrected chi connectivity index (χ3v) is 2.85. The lowest BCUT2D eigenvalue weighted by Gasteiger charge is -2.28. The van der Waals surface area contributed by atoms with Gasteiger partial charge in [-0.25, -0.2) is 14.6 Å². The number of rotatable bonds is 5. The summed E-state index contributed by atoms with van der Waals surface area (Å²) in [6, 6.07) is 7.97. The molecule has 0 spiro atoms. The van der Waals surface area contributed by atoms with E-state index in [1.54, 1.807) is 55.5 Å². The quantitative estimate of drug-likeness (QED) is 0.667. The van der Waals surface area contributed by atoms with Gasteiger partial charge >= 0.3 is 6.09 Å². The first kappa shape index (κ1) is 15.7. The van der Waals surface area contributed by atoms with E-state index in [1.807, 2.05) is 12.0 Å². The molecule has 0 radical (unpaired) electrons. The highest BCUT2D eigenvalue weighted by Crippen LogP contribution is 2.17. The van der Waals surface area contributed by atoms with E-state index < -0.39 is 12.1 Å². The average molecular weight is 300 g/mol. The molecule has 6 heteroatoms. The topological polar surface area (TPSA) is 67.9 Å². The highest BCUT2D eigenvalue weighted by molar-refractivity contribution is 5.73. The van der Waals surface area contributed by atoms with Crippen LogP contribution in [-0.4, -0.2) is 29.7 Å². The monoisotopic (exact) mass is 300 g/mol. The van der Waals surface area contributed by atoms with Crippen molar-refractivity contribution in [2.24, 2.45) is 0 Å². The molecule has 0 bridgehead atoms. The molecule has 1 aliphatic carbocycles. The summed E-state index contributed by atoms with van der Waals surface area (Å²) in [7, 11) is 0. The molecular formula is C16H16N2O4. The Kier molecular flexibility index (Phi) is 5.68. The zero-order valence-electron chi connectivity index (χ0n) is 12.1. The number of hydrazine groups is 1. The maximum Gasteiger partial charge on any atom is 0.432 e. The maximum absolute atomic E-state index is 12.3. The number of nitrogens with one attached hydrogen (secondary N) is 1. The molecule has 1 unspecified atom stereocenters. The van der Waals surface area contributed by atoms with Gasteiger partial charge in [0.2, 0.25) is 0 Å². The van der Waals surface area contributed by atoms with Gasteiger partial charge in [-0.15, -0.1) is 5.59 Å². The zero-order chi connectivity index (χ0) is 15.8. The number of para-hydroxylation sites is 1. The summed E-state index contributed by atoms with van der Waals surface area (Å²) in [5.41, 5.74) is 2.79. The van der Waals surface area contributed by atoms with Gasteiger partial charge in [-0.1, -0.05) is 36.4 Å². The van der Waals surface area contributed by atoms with Crippen LogP contribution in [0.25, 0.3) is 0 Å². The molecule has 6 nitrogen and oxygen atoms in total. The molecule has 2 rings (SSSR count). The van der Waals surface area contributed by atoms with Crippen LogP contribution in [-0.2, 0) is 9.63 Å². The highest BCUT2D eigenvalue weighted by atomic mass is 16.7. The van der Waals surface area contributed by atoms with Crippen LogP contribution in [0.5, 0.6) is 5.75 Å². The minimum atomic E-state index is -0.697. The summed E-state index contributed by atoms with van der Waals surface area (Å²) >= 11 is 0. The first-order chi connectivity index (χ1) is 10.8. The van der Waals surface area contributed by atoms with E-state index >= 15 is 0 Å². The number of ether oxygens (including phenoxy) is 1. The lowest BCUT2D eigenvalue weighted by molar-refractivity contribution is -0.0685. The molecule has 1 atom stereocenters. The van der Waals surface area contributed by atoms with E-state index in [9.17, 15) is 9.59 Å². The lowest BCUT2D eigenvalue weighted by atomic mass is 10.0. The number of nitrogens with zero attached hydrogens (tertiary/aromatic N) is 1. The molecule has 0 aliphatic heterocycles. The predicted molar refractivity (Wildman–Crippen MR) is 80.3 cm³/mol. The van der Waals surface area contributed by atoms with Gasteiger partial charge in [0.05, 0.1) is 12.2 Å². The molecule has 1 aliphatic rings. The van der Waals surface area contributed by atoms with Crippen molar-refractivity contribution in [2.75, 3.05) is 6.61 Å². The predicted octanol–water partition coefficient (Wildman–Crippen LogP) is 2.20. The molecular weight excluding hydrogens is 284 g/mol. The Morgan fingerprint density at radius 3 is 2.77 bits per heavy atom. The van der Waals surface area contributed by atoms with Crippen molar-refractivity contribution in [2.45, 2.75) is 13.0 Å². The van der Waals surface area contributed by atoms with Crippen LogP contribution in [0.15, 0.2) is 60.2 Å². The lowest BCUT2D eigenvalue weighted by Crippen LogP contribution is -2.51. The molecule has 0 saturated heterocycles. The minimum absolute atomic E-state index is 0.291. The van der Waals surface area contributed by atoms with Crippen molar-refractivity contribution < 1.29 is 19.2 Å². The highest BCUT2D eigenvalue weighted by Gasteiger charge is 2.28. The number of carbonyl (C=O) groups is 1. The fourth-order valence-corrected chi connectivity index (χ4v) is 1.83. The van der Waals surface area contributed by atoms with Crippen LogP contribution in [0.2, 0.25) is 0 Å². The van der Waals surface area contributed by atoms with Crippen LogP contribution in [0.1, 0.15) is 6.92 Å². The van der Waals surface area contributed by atoms with Crippen molar-refractivity contribution in [3.8, 4) is 5.75 Å². The Balaban J connectivity index is 2.18. The van der Waals surface area contributed by atoms with E-state index in [1.165, 1.54) is 0 Å². The van der Waals surface area contributed by atoms with Gasteiger partial charge in [0, 0.05) is 0 Å². The number of hydrogen-bond donors (Lipinski definition) is 1. The Morgan fingerprint density at radius 1 is 1.32 bits per heavy atom. The third kappa shape index (κ3) is 3.93. The summed E-state index contributed by atoms with van der Waals surface area (Å²) in [6.45, 7) is 2.10. The van der Waals surface area contributed by atoms with Crippen molar-refractivity contribution in [3.05, 3.63) is 60.2 Å². The van der Waals surface area contributed by atoms with Crippen LogP contribution in [0.3, 0.4) is 0 Å². The van der Waals surface area contributed by atoms with Crippen molar-refractivity contribution in [3.63, 3.8) is 0 Å². The van der Waals surface area contributed by atoms with Crippen molar-refractivity contribution >= 4 is 12.0 Å². The molecule has 0 fully saturated rings. The number of benzene rings is 1. The Hall–Kier alpha value is -2.66. The second-order valence-electron chi connectivity index (χ2n) is 4.32. The fraction of sp³-hybridized carbons (Fsp3) is 0.188. The Labute approximate surface area is 128 Å². The van der Waals surface area contributed by atoms with E-state index in [4.69, 9.17) is 9.57 Å². The van der Waals surface area contributed by atoms with Gasteiger partial charge in [-0.05, 0) is 25.1 Å². The summed E-state index contributed by atoms with van der Waals surface area (Å²) in [4.78, 5) is 28.4. The second-order valence-corrected chi connectivity index (χ2v) is 4.32. The van der Waals surface area contributed by atoms with E-state index in [0.29, 0.717) is 17.9 Å². The minimum Gasteiger partial charge on any atom is -0.409 e. The largest absolute Gasteiger partial charge is 0.432 e. The second kappa shape index (κ2) is 7.95.